The van der Waals surface area contributed by atoms with Gasteiger partial charge in [-0.05, 0) is 96.6 Å². The zero-order valence-electron chi connectivity index (χ0n) is 25.4. The van der Waals surface area contributed by atoms with Gasteiger partial charge >= 0.3 is 0 Å². The Morgan fingerprint density at radius 1 is 0.511 bits per heavy atom. The van der Waals surface area contributed by atoms with Crippen LogP contribution in [0.4, 0.5) is 17.1 Å². The molecule has 1 heterocycles. The van der Waals surface area contributed by atoms with Gasteiger partial charge in [-0.15, -0.1) is 0 Å². The molecule has 0 bridgehead atoms. The van der Waals surface area contributed by atoms with Gasteiger partial charge in [0, 0.05) is 33.5 Å². The van der Waals surface area contributed by atoms with Crippen molar-refractivity contribution < 1.29 is 0 Å². The van der Waals surface area contributed by atoms with Crippen molar-refractivity contribution in [3.63, 3.8) is 0 Å². The van der Waals surface area contributed by atoms with Crippen molar-refractivity contribution in [2.24, 2.45) is 0 Å². The van der Waals surface area contributed by atoms with Crippen LogP contribution < -0.4 is 4.90 Å². The van der Waals surface area contributed by atoms with Crippen LogP contribution in [0.15, 0.2) is 164 Å². The molecule has 1 aromatic heterocycles. The smallest absolute Gasteiger partial charge is 0.0539 e. The van der Waals surface area contributed by atoms with Crippen molar-refractivity contribution in [3.8, 4) is 22.3 Å². The number of benzene rings is 6. The highest BCUT2D eigenvalue weighted by Gasteiger charge is 2.19. The average Bonchev–Trinajstić information content (AvgIpc) is 3.44. The second kappa shape index (κ2) is 11.5. The fourth-order valence-electron chi connectivity index (χ4n) is 6.64. The summed E-state index contributed by atoms with van der Waals surface area (Å²) in [5, 5.41) is 2.54. The number of rotatable bonds is 6. The number of aromatic nitrogens is 1. The third kappa shape index (κ3) is 5.05. The van der Waals surface area contributed by atoms with E-state index in [9.17, 15) is 0 Å². The zero-order valence-corrected chi connectivity index (χ0v) is 25.4. The maximum absolute atomic E-state index is 2.45. The van der Waals surface area contributed by atoms with Crippen molar-refractivity contribution in [1.29, 1.82) is 0 Å². The first-order valence-corrected chi connectivity index (χ1v) is 15.7. The summed E-state index contributed by atoms with van der Waals surface area (Å²) >= 11 is 0. The molecule has 216 valence electrons. The first-order chi connectivity index (χ1) is 22.2. The fraction of sp³-hybridized carbons (Fsp3) is 0.0698. The molecule has 0 radical (unpaired) electrons. The minimum absolute atomic E-state index is 1.04. The van der Waals surface area contributed by atoms with Crippen LogP contribution in [0.1, 0.15) is 18.4 Å². The Bertz CT molecular complexity index is 2200. The molecule has 0 amide bonds. The van der Waals surface area contributed by atoms with Gasteiger partial charge in [0.25, 0.3) is 0 Å². The van der Waals surface area contributed by atoms with Gasteiger partial charge < -0.3 is 9.47 Å². The van der Waals surface area contributed by atoms with Gasteiger partial charge in [0.15, 0.2) is 0 Å². The van der Waals surface area contributed by atoms with E-state index in [1.807, 2.05) is 0 Å². The predicted molar refractivity (Wildman–Crippen MR) is 192 cm³/mol. The topological polar surface area (TPSA) is 8.17 Å². The molecule has 0 spiro atoms. The van der Waals surface area contributed by atoms with E-state index in [0.29, 0.717) is 0 Å². The van der Waals surface area contributed by atoms with Gasteiger partial charge in [-0.25, -0.2) is 0 Å². The molecule has 0 saturated carbocycles. The standard InChI is InChI=1S/C43H34N2/c1-31-19-21-33(22-20-31)34-23-25-37(26-24-34)44(38-16-10-13-35(29-38)32-11-4-2-5-12-32)39-27-28-43-41(30-39)40-17-8-9-18-42(40)45(43)36-14-6-3-7-15-36/h2-6,8-14,16-30H,7,15H2,1H3. The number of allylic oxidation sites excluding steroid dienone is 4. The SMILES string of the molecule is Cc1ccc(-c2ccc(N(c3cccc(-c4ccccc4)c3)c3ccc4c(c3)c3ccccc3n4C3=CC=CCC3)cc2)cc1. The maximum atomic E-state index is 2.45. The maximum Gasteiger partial charge on any atom is 0.0539 e. The summed E-state index contributed by atoms with van der Waals surface area (Å²) in [6.45, 7) is 2.13. The lowest BCUT2D eigenvalue weighted by molar-refractivity contribution is 0.979. The van der Waals surface area contributed by atoms with Crippen LogP contribution in [-0.2, 0) is 0 Å². The number of nitrogens with zero attached hydrogens (tertiary/aromatic N) is 2. The normalized spacial score (nSPS) is 12.9. The van der Waals surface area contributed by atoms with Crippen molar-refractivity contribution in [1.82, 2.24) is 4.57 Å². The van der Waals surface area contributed by atoms with Crippen molar-refractivity contribution in [3.05, 3.63) is 169 Å². The number of hydrogen-bond donors (Lipinski definition) is 0. The lowest BCUT2D eigenvalue weighted by Crippen LogP contribution is -2.10. The number of hydrogen-bond acceptors (Lipinski definition) is 1. The van der Waals surface area contributed by atoms with E-state index < -0.39 is 0 Å². The van der Waals surface area contributed by atoms with E-state index in [2.05, 4.69) is 180 Å². The number of anilines is 3. The van der Waals surface area contributed by atoms with Gasteiger partial charge in [0.1, 0.15) is 0 Å². The highest BCUT2D eigenvalue weighted by Crippen LogP contribution is 2.41. The van der Waals surface area contributed by atoms with Crippen molar-refractivity contribution in [2.45, 2.75) is 19.8 Å². The van der Waals surface area contributed by atoms with E-state index in [4.69, 9.17) is 0 Å². The quantitative estimate of drug-likeness (QED) is 0.191. The van der Waals surface area contributed by atoms with Crippen LogP contribution >= 0.6 is 0 Å². The highest BCUT2D eigenvalue weighted by molar-refractivity contribution is 6.11. The van der Waals surface area contributed by atoms with E-state index in [-0.39, 0.29) is 0 Å². The Morgan fingerprint density at radius 3 is 1.93 bits per heavy atom. The summed E-state index contributed by atoms with van der Waals surface area (Å²) in [5.74, 6) is 0. The number of fused-ring (bicyclic) bond motifs is 3. The molecule has 0 N–H and O–H groups in total. The lowest BCUT2D eigenvalue weighted by Gasteiger charge is -2.26. The molecule has 0 aliphatic heterocycles. The monoisotopic (exact) mass is 578 g/mol. The van der Waals surface area contributed by atoms with Gasteiger partial charge in [-0.1, -0.05) is 115 Å². The average molecular weight is 579 g/mol. The molecule has 45 heavy (non-hydrogen) atoms. The molecule has 0 atom stereocenters. The first-order valence-electron chi connectivity index (χ1n) is 15.7. The predicted octanol–water partition coefficient (Wildman–Crippen LogP) is 12.1. The third-order valence-electron chi connectivity index (χ3n) is 8.92. The summed E-state index contributed by atoms with van der Waals surface area (Å²) < 4.78 is 2.45. The van der Waals surface area contributed by atoms with Crippen LogP contribution in [0.3, 0.4) is 0 Å². The molecule has 6 aromatic carbocycles. The summed E-state index contributed by atoms with van der Waals surface area (Å²) in [6, 6.07) is 53.0. The molecule has 1 aliphatic rings. The van der Waals surface area contributed by atoms with Crippen molar-refractivity contribution in [2.75, 3.05) is 4.90 Å². The summed E-state index contributed by atoms with van der Waals surface area (Å²) in [4.78, 5) is 2.39. The Labute approximate surface area is 264 Å². The number of para-hydroxylation sites is 1. The van der Waals surface area contributed by atoms with E-state index in [1.54, 1.807) is 0 Å². The van der Waals surface area contributed by atoms with E-state index in [1.165, 1.54) is 55.3 Å². The zero-order chi connectivity index (χ0) is 30.2. The summed E-state index contributed by atoms with van der Waals surface area (Å²) in [7, 11) is 0. The molecule has 0 fully saturated rings. The minimum atomic E-state index is 1.04. The van der Waals surface area contributed by atoms with Gasteiger partial charge in [0.2, 0.25) is 0 Å². The molecular formula is C43H34N2. The first kappa shape index (κ1) is 27.0. The van der Waals surface area contributed by atoms with E-state index in [0.717, 1.165) is 29.9 Å². The Kier molecular flexibility index (Phi) is 6.88. The Balaban J connectivity index is 1.30. The van der Waals surface area contributed by atoms with Gasteiger partial charge in [-0.3, -0.25) is 0 Å². The highest BCUT2D eigenvalue weighted by atomic mass is 15.1. The largest absolute Gasteiger partial charge is 0.313 e. The molecular weight excluding hydrogens is 544 g/mol. The molecule has 1 aliphatic carbocycles. The summed E-state index contributed by atoms with van der Waals surface area (Å²) in [6.07, 6.45) is 8.82. The fourth-order valence-corrected chi connectivity index (χ4v) is 6.64. The number of aryl methyl sites for hydroxylation is 1. The molecule has 2 nitrogen and oxygen atoms in total. The molecule has 0 unspecified atom stereocenters. The Morgan fingerprint density at radius 2 is 1.16 bits per heavy atom. The molecule has 8 rings (SSSR count). The third-order valence-corrected chi connectivity index (χ3v) is 8.92. The second-order valence-electron chi connectivity index (χ2n) is 11.8. The second-order valence-corrected chi connectivity index (χ2v) is 11.8. The van der Waals surface area contributed by atoms with Crippen LogP contribution in [-0.4, -0.2) is 4.57 Å². The van der Waals surface area contributed by atoms with Crippen LogP contribution in [0, 0.1) is 6.92 Å². The minimum Gasteiger partial charge on any atom is -0.313 e. The molecule has 0 saturated heterocycles. The van der Waals surface area contributed by atoms with Crippen molar-refractivity contribution >= 4 is 44.6 Å². The van der Waals surface area contributed by atoms with Crippen LogP contribution in [0.25, 0.3) is 49.8 Å². The lowest BCUT2D eigenvalue weighted by atomic mass is 10.0. The molecule has 2 heteroatoms. The van der Waals surface area contributed by atoms with Crippen LogP contribution in [0.2, 0.25) is 0 Å². The van der Waals surface area contributed by atoms with Gasteiger partial charge in [0.05, 0.1) is 11.0 Å². The van der Waals surface area contributed by atoms with Gasteiger partial charge in [-0.2, -0.15) is 0 Å². The van der Waals surface area contributed by atoms with E-state index >= 15 is 0 Å². The van der Waals surface area contributed by atoms with Crippen LogP contribution in [0.5, 0.6) is 0 Å². The molecule has 7 aromatic rings. The Hall–Kier alpha value is -5.60. The summed E-state index contributed by atoms with van der Waals surface area (Å²) in [5.41, 5.74) is 13.4.